The minimum atomic E-state index is -4.39. The van der Waals surface area contributed by atoms with Crippen molar-refractivity contribution in [3.05, 3.63) is 48.4 Å². The normalized spacial score (nSPS) is 16.4. The zero-order chi connectivity index (χ0) is 29.1. The molecule has 0 unspecified atom stereocenters. The lowest BCUT2D eigenvalue weighted by Crippen LogP contribution is -2.40. The Morgan fingerprint density at radius 3 is 2.67 bits per heavy atom. The summed E-state index contributed by atoms with van der Waals surface area (Å²) in [5, 5.41) is 14.8. The lowest BCUT2D eigenvalue weighted by Gasteiger charge is -2.27. The topological polar surface area (TPSA) is 112 Å². The fourth-order valence-corrected chi connectivity index (χ4v) is 4.35. The summed E-state index contributed by atoms with van der Waals surface area (Å²) in [7, 11) is 0. The molecule has 4 rings (SSSR count). The first kappa shape index (κ1) is 28.8. The third-order valence-electron chi connectivity index (χ3n) is 6.04. The SMILES string of the molecule is C[C@H]1CN(C(=O)OC(C)(C)C)CCN(c2cccc(Nc3cc(-c4cnn(CC(F)(F)F)c4)ncc3C=N)n2)C1. The van der Waals surface area contributed by atoms with E-state index >= 15 is 0 Å². The minimum Gasteiger partial charge on any atom is -0.444 e. The average Bonchev–Trinajstić information content (AvgIpc) is 3.21. The molecule has 1 atom stereocenters. The van der Waals surface area contributed by atoms with Crippen molar-refractivity contribution in [3.8, 4) is 11.3 Å². The van der Waals surface area contributed by atoms with Crippen LogP contribution in [0, 0.1) is 11.3 Å². The average molecular weight is 559 g/mol. The largest absolute Gasteiger partial charge is 0.444 e. The Morgan fingerprint density at radius 1 is 1.20 bits per heavy atom. The number of aromatic nitrogens is 4. The van der Waals surface area contributed by atoms with Gasteiger partial charge in [0.05, 0.1) is 17.6 Å². The molecule has 214 valence electrons. The molecule has 40 heavy (non-hydrogen) atoms. The number of carbonyl (C=O) groups is 1. The van der Waals surface area contributed by atoms with Gasteiger partial charge >= 0.3 is 12.3 Å². The second-order valence-electron chi connectivity index (χ2n) is 10.8. The number of rotatable bonds is 6. The van der Waals surface area contributed by atoms with E-state index in [0.717, 1.165) is 16.7 Å². The molecule has 3 aromatic heterocycles. The van der Waals surface area contributed by atoms with Crippen LogP contribution in [-0.2, 0) is 11.3 Å². The summed E-state index contributed by atoms with van der Waals surface area (Å²) < 4.78 is 44.6. The van der Waals surface area contributed by atoms with Gasteiger partial charge in [0.2, 0.25) is 0 Å². The van der Waals surface area contributed by atoms with Crippen molar-refractivity contribution in [2.45, 2.75) is 46.0 Å². The number of carbonyl (C=O) groups excluding carboxylic acids is 1. The third-order valence-corrected chi connectivity index (χ3v) is 6.04. The molecule has 1 saturated heterocycles. The molecule has 1 amide bonds. The van der Waals surface area contributed by atoms with E-state index in [0.29, 0.717) is 54.5 Å². The number of alkyl halides is 3. The predicted octanol–water partition coefficient (Wildman–Crippen LogP) is 5.34. The second-order valence-corrected chi connectivity index (χ2v) is 10.8. The Balaban J connectivity index is 1.51. The summed E-state index contributed by atoms with van der Waals surface area (Å²) in [5.41, 5.74) is 1.25. The van der Waals surface area contributed by atoms with Gasteiger partial charge in [0, 0.05) is 55.9 Å². The molecular formula is C27H33F3N8O2. The molecule has 1 fully saturated rings. The van der Waals surface area contributed by atoms with Gasteiger partial charge in [-0.25, -0.2) is 9.78 Å². The van der Waals surface area contributed by atoms with E-state index in [9.17, 15) is 18.0 Å². The van der Waals surface area contributed by atoms with Crippen LogP contribution in [0.25, 0.3) is 11.3 Å². The Kier molecular flexibility index (Phi) is 8.31. The fourth-order valence-electron chi connectivity index (χ4n) is 4.35. The number of nitrogens with one attached hydrogen (secondary N) is 2. The number of ether oxygens (including phenoxy) is 1. The van der Waals surface area contributed by atoms with Crippen molar-refractivity contribution in [2.75, 3.05) is 36.4 Å². The van der Waals surface area contributed by atoms with Crippen LogP contribution in [-0.4, -0.2) is 74.9 Å². The molecule has 0 radical (unpaired) electrons. The van der Waals surface area contributed by atoms with E-state index in [-0.39, 0.29) is 12.0 Å². The van der Waals surface area contributed by atoms with Crippen molar-refractivity contribution < 1.29 is 22.7 Å². The first-order valence-electron chi connectivity index (χ1n) is 12.9. The zero-order valence-electron chi connectivity index (χ0n) is 22.9. The van der Waals surface area contributed by atoms with E-state index in [4.69, 9.17) is 15.1 Å². The maximum atomic E-state index is 12.7. The minimum absolute atomic E-state index is 0.180. The van der Waals surface area contributed by atoms with Crippen molar-refractivity contribution in [2.24, 2.45) is 5.92 Å². The van der Waals surface area contributed by atoms with Gasteiger partial charge < -0.3 is 25.3 Å². The van der Waals surface area contributed by atoms with Crippen molar-refractivity contribution in [1.82, 2.24) is 24.6 Å². The van der Waals surface area contributed by atoms with Gasteiger partial charge in [-0.05, 0) is 44.9 Å². The molecule has 0 bridgehead atoms. The first-order valence-corrected chi connectivity index (χ1v) is 12.9. The summed E-state index contributed by atoms with van der Waals surface area (Å²) >= 11 is 0. The number of hydrogen-bond acceptors (Lipinski definition) is 8. The van der Waals surface area contributed by atoms with Crippen molar-refractivity contribution in [1.29, 1.82) is 5.41 Å². The maximum absolute atomic E-state index is 12.7. The second kappa shape index (κ2) is 11.5. The maximum Gasteiger partial charge on any atom is 0.410 e. The summed E-state index contributed by atoms with van der Waals surface area (Å²) in [5.74, 6) is 1.42. The molecule has 0 spiro atoms. The van der Waals surface area contributed by atoms with Gasteiger partial charge in [-0.2, -0.15) is 18.3 Å². The lowest BCUT2D eigenvalue weighted by molar-refractivity contribution is -0.142. The Morgan fingerprint density at radius 2 is 1.98 bits per heavy atom. The smallest absolute Gasteiger partial charge is 0.410 e. The van der Waals surface area contributed by atoms with Gasteiger partial charge in [-0.15, -0.1) is 0 Å². The lowest BCUT2D eigenvalue weighted by atomic mass is 10.1. The highest BCUT2D eigenvalue weighted by Gasteiger charge is 2.29. The quantitative estimate of drug-likeness (QED) is 0.393. The van der Waals surface area contributed by atoms with Gasteiger partial charge in [0.1, 0.15) is 23.8 Å². The monoisotopic (exact) mass is 558 g/mol. The molecule has 4 heterocycles. The Hall–Kier alpha value is -4.16. The molecule has 3 aromatic rings. The number of nitrogens with zero attached hydrogens (tertiary/aromatic N) is 6. The summed E-state index contributed by atoms with van der Waals surface area (Å²) in [6.45, 7) is 8.75. The third kappa shape index (κ3) is 7.70. The number of hydrogen-bond donors (Lipinski definition) is 2. The molecule has 2 N–H and O–H groups in total. The number of halogens is 3. The fraction of sp³-hybridized carbons (Fsp3) is 0.444. The molecule has 1 aliphatic rings. The molecule has 13 heteroatoms. The molecule has 0 saturated carbocycles. The van der Waals surface area contributed by atoms with E-state index in [2.05, 4.69) is 27.2 Å². The Labute approximate surface area is 230 Å². The Bertz CT molecular complexity index is 1350. The van der Waals surface area contributed by atoms with Crippen molar-refractivity contribution >= 4 is 29.6 Å². The van der Waals surface area contributed by atoms with Gasteiger partial charge in [-0.1, -0.05) is 13.0 Å². The number of anilines is 3. The van der Waals surface area contributed by atoms with Crippen LogP contribution in [0.5, 0.6) is 0 Å². The standard InChI is InChI=1S/C27H33F3N8O2/c1-18-14-36(8-9-37(15-18)25(39)40-26(2,3)4)24-7-5-6-23(35-24)34-22-10-21(32-12-19(22)11-31)20-13-33-38(16-20)17-27(28,29)30/h5-7,10-13,16,18,31H,8-9,14-15,17H2,1-4H3,(H,32,34,35)/t18-/m1/s1. The van der Waals surface area contributed by atoms with Gasteiger partial charge in [0.25, 0.3) is 0 Å². The number of pyridine rings is 2. The van der Waals surface area contributed by atoms with Crippen LogP contribution in [0.15, 0.2) is 42.9 Å². The van der Waals surface area contributed by atoms with Crippen LogP contribution in [0.3, 0.4) is 0 Å². The van der Waals surface area contributed by atoms with Crippen LogP contribution in [0.2, 0.25) is 0 Å². The summed E-state index contributed by atoms with van der Waals surface area (Å²) in [4.78, 5) is 25.5. The van der Waals surface area contributed by atoms with Crippen LogP contribution in [0.4, 0.5) is 35.3 Å². The molecular weight excluding hydrogens is 525 g/mol. The van der Waals surface area contributed by atoms with E-state index in [1.807, 2.05) is 32.9 Å². The molecule has 0 aromatic carbocycles. The highest BCUT2D eigenvalue weighted by molar-refractivity contribution is 5.88. The van der Waals surface area contributed by atoms with Crippen LogP contribution >= 0.6 is 0 Å². The zero-order valence-corrected chi connectivity index (χ0v) is 22.9. The van der Waals surface area contributed by atoms with Gasteiger partial charge in [-0.3, -0.25) is 9.67 Å². The molecule has 1 aliphatic heterocycles. The summed E-state index contributed by atoms with van der Waals surface area (Å²) in [6.07, 6.45) is 0.491. The van der Waals surface area contributed by atoms with E-state index < -0.39 is 18.3 Å². The predicted molar refractivity (Wildman–Crippen MR) is 146 cm³/mol. The highest BCUT2D eigenvalue weighted by atomic mass is 19.4. The van der Waals surface area contributed by atoms with Gasteiger partial charge in [0.15, 0.2) is 0 Å². The first-order chi connectivity index (χ1) is 18.8. The molecule has 10 nitrogen and oxygen atoms in total. The van der Waals surface area contributed by atoms with Crippen molar-refractivity contribution in [3.63, 3.8) is 0 Å². The number of amides is 1. The van der Waals surface area contributed by atoms with E-state index in [1.54, 1.807) is 17.0 Å². The van der Waals surface area contributed by atoms with Crippen LogP contribution in [0.1, 0.15) is 33.3 Å². The molecule has 0 aliphatic carbocycles. The van der Waals surface area contributed by atoms with E-state index in [1.165, 1.54) is 18.6 Å². The van der Waals surface area contributed by atoms with Crippen LogP contribution < -0.4 is 10.2 Å². The highest BCUT2D eigenvalue weighted by Crippen LogP contribution is 2.27. The summed E-state index contributed by atoms with van der Waals surface area (Å²) in [6, 6.07) is 7.19.